The Morgan fingerprint density at radius 2 is 2.00 bits per heavy atom. The summed E-state index contributed by atoms with van der Waals surface area (Å²) < 4.78 is 5.66. The van der Waals surface area contributed by atoms with Gasteiger partial charge in [0.25, 0.3) is 5.91 Å². The van der Waals surface area contributed by atoms with Crippen molar-refractivity contribution < 1.29 is 9.21 Å². The van der Waals surface area contributed by atoms with Gasteiger partial charge in [-0.2, -0.15) is 5.10 Å². The quantitative estimate of drug-likeness (QED) is 0.602. The minimum atomic E-state index is -0.332. The highest BCUT2D eigenvalue weighted by atomic mass is 16.4. The lowest BCUT2D eigenvalue weighted by molar-refractivity contribution is 0.0996. The highest BCUT2D eigenvalue weighted by Gasteiger charge is 2.18. The molecule has 2 N–H and O–H groups in total. The zero-order valence-electron chi connectivity index (χ0n) is 12.9. The molecule has 2 aromatic carbocycles. The number of amides is 1. The van der Waals surface area contributed by atoms with Crippen molar-refractivity contribution in [3.05, 3.63) is 66.2 Å². The number of aromatic nitrogens is 3. The van der Waals surface area contributed by atoms with Crippen LogP contribution in [0.2, 0.25) is 0 Å². The van der Waals surface area contributed by atoms with Gasteiger partial charge >= 0.3 is 0 Å². The van der Waals surface area contributed by atoms with Gasteiger partial charge in [-0.15, -0.1) is 0 Å². The molecule has 0 atom stereocenters. The van der Waals surface area contributed by atoms with Crippen LogP contribution in [0.3, 0.4) is 0 Å². The molecular formula is C18H14N4O2. The molecule has 0 saturated carbocycles. The molecule has 6 nitrogen and oxygen atoms in total. The Morgan fingerprint density at radius 1 is 1.17 bits per heavy atom. The van der Waals surface area contributed by atoms with E-state index in [1.807, 2.05) is 48.5 Å². The number of nitrogens with zero attached hydrogens (tertiary/aromatic N) is 2. The molecule has 0 fully saturated rings. The summed E-state index contributed by atoms with van der Waals surface area (Å²) in [6.45, 7) is 1.75. The van der Waals surface area contributed by atoms with Crippen molar-refractivity contribution in [3.63, 3.8) is 0 Å². The molecular weight excluding hydrogens is 304 g/mol. The number of fused-ring (bicyclic) bond motifs is 1. The molecule has 0 unspecified atom stereocenters. The second-order valence-electron chi connectivity index (χ2n) is 5.43. The summed E-state index contributed by atoms with van der Waals surface area (Å²) >= 11 is 0. The fraction of sp³-hybridized carbons (Fsp3) is 0.0556. The van der Waals surface area contributed by atoms with E-state index < -0.39 is 0 Å². The van der Waals surface area contributed by atoms with E-state index in [-0.39, 0.29) is 11.7 Å². The number of carbonyl (C=O) groups is 1. The Bertz CT molecular complexity index is 1020. The van der Waals surface area contributed by atoms with Gasteiger partial charge in [0, 0.05) is 16.6 Å². The van der Waals surface area contributed by atoms with E-state index in [1.54, 1.807) is 13.1 Å². The van der Waals surface area contributed by atoms with E-state index in [2.05, 4.69) is 20.5 Å². The zero-order valence-corrected chi connectivity index (χ0v) is 12.9. The maximum atomic E-state index is 12.5. The first kappa shape index (κ1) is 14.2. The van der Waals surface area contributed by atoms with E-state index >= 15 is 0 Å². The molecule has 24 heavy (non-hydrogen) atoms. The number of nitrogens with one attached hydrogen (secondary N) is 2. The molecule has 0 aliphatic rings. The third kappa shape index (κ3) is 2.54. The molecule has 6 heteroatoms. The van der Waals surface area contributed by atoms with Crippen LogP contribution in [0.1, 0.15) is 16.2 Å². The van der Waals surface area contributed by atoms with Crippen LogP contribution < -0.4 is 5.32 Å². The van der Waals surface area contributed by atoms with Gasteiger partial charge in [-0.3, -0.25) is 9.89 Å². The Hall–Kier alpha value is -3.41. The molecule has 0 saturated heterocycles. The van der Waals surface area contributed by atoms with Crippen LogP contribution in [0.25, 0.3) is 22.4 Å². The van der Waals surface area contributed by atoms with Gasteiger partial charge in [0.2, 0.25) is 11.7 Å². The van der Waals surface area contributed by atoms with E-state index in [0.29, 0.717) is 17.3 Å². The van der Waals surface area contributed by atoms with Crippen molar-refractivity contribution >= 4 is 22.5 Å². The third-order valence-corrected chi connectivity index (χ3v) is 3.72. The van der Waals surface area contributed by atoms with Crippen LogP contribution >= 0.6 is 0 Å². The fourth-order valence-electron chi connectivity index (χ4n) is 2.51. The van der Waals surface area contributed by atoms with Gasteiger partial charge in [0.05, 0.1) is 17.4 Å². The standard InChI is InChI=1S/C18H14N4O2/c1-11-16(24-18(20-11)12-5-3-2-4-6-12)17(23)21-14-8-7-13-10-19-22-15(13)9-14/h2-10H,1H3,(H,19,22)(H,21,23). The Labute approximate surface area is 137 Å². The number of rotatable bonds is 3. The summed E-state index contributed by atoms with van der Waals surface area (Å²) in [5.41, 5.74) is 2.90. The summed E-state index contributed by atoms with van der Waals surface area (Å²) in [4.78, 5) is 16.8. The first-order valence-electron chi connectivity index (χ1n) is 7.48. The van der Waals surface area contributed by atoms with Crippen molar-refractivity contribution in [1.29, 1.82) is 0 Å². The van der Waals surface area contributed by atoms with Crippen molar-refractivity contribution in [3.8, 4) is 11.5 Å². The number of hydrogen-bond acceptors (Lipinski definition) is 4. The number of hydrogen-bond donors (Lipinski definition) is 2. The summed E-state index contributed by atoms with van der Waals surface area (Å²) in [7, 11) is 0. The zero-order chi connectivity index (χ0) is 16.5. The number of anilines is 1. The number of H-pyrrole nitrogens is 1. The van der Waals surface area contributed by atoms with Gasteiger partial charge in [-0.05, 0) is 37.3 Å². The molecule has 2 aromatic heterocycles. The molecule has 4 rings (SSSR count). The van der Waals surface area contributed by atoms with E-state index in [0.717, 1.165) is 16.5 Å². The summed E-state index contributed by atoms with van der Waals surface area (Å²) in [6.07, 6.45) is 1.73. The number of aromatic amines is 1. The monoisotopic (exact) mass is 318 g/mol. The molecule has 1 amide bonds. The predicted molar refractivity (Wildman–Crippen MR) is 90.7 cm³/mol. The van der Waals surface area contributed by atoms with Crippen LogP contribution in [-0.4, -0.2) is 21.1 Å². The molecule has 0 bridgehead atoms. The van der Waals surface area contributed by atoms with Gasteiger partial charge in [0.1, 0.15) is 0 Å². The number of aryl methyl sites for hydroxylation is 1. The SMILES string of the molecule is Cc1nc(-c2ccccc2)oc1C(=O)Nc1ccc2cn[nH]c2c1. The largest absolute Gasteiger partial charge is 0.431 e. The van der Waals surface area contributed by atoms with Crippen molar-refractivity contribution in [1.82, 2.24) is 15.2 Å². The first-order chi connectivity index (χ1) is 11.7. The Morgan fingerprint density at radius 3 is 2.83 bits per heavy atom. The van der Waals surface area contributed by atoms with Crippen LogP contribution in [0.15, 0.2) is 59.1 Å². The normalized spacial score (nSPS) is 10.9. The molecule has 0 aliphatic carbocycles. The summed E-state index contributed by atoms with van der Waals surface area (Å²) in [5, 5.41) is 10.6. The topological polar surface area (TPSA) is 83.8 Å². The summed E-state index contributed by atoms with van der Waals surface area (Å²) in [5.74, 6) is 0.307. The average molecular weight is 318 g/mol. The van der Waals surface area contributed by atoms with Crippen molar-refractivity contribution in [2.75, 3.05) is 5.32 Å². The van der Waals surface area contributed by atoms with E-state index in [1.165, 1.54) is 0 Å². The molecule has 0 aliphatic heterocycles. The lowest BCUT2D eigenvalue weighted by Gasteiger charge is -2.03. The Balaban J connectivity index is 1.61. The number of oxazole rings is 1. The maximum absolute atomic E-state index is 12.5. The Kier molecular flexibility index (Phi) is 3.35. The smallest absolute Gasteiger partial charge is 0.293 e. The van der Waals surface area contributed by atoms with Crippen molar-refractivity contribution in [2.45, 2.75) is 6.92 Å². The second-order valence-corrected chi connectivity index (χ2v) is 5.43. The van der Waals surface area contributed by atoms with E-state index in [9.17, 15) is 4.79 Å². The molecule has 4 aromatic rings. The highest BCUT2D eigenvalue weighted by Crippen LogP contribution is 2.23. The van der Waals surface area contributed by atoms with Crippen LogP contribution in [0.4, 0.5) is 5.69 Å². The first-order valence-corrected chi connectivity index (χ1v) is 7.48. The number of benzene rings is 2. The van der Waals surface area contributed by atoms with Crippen molar-refractivity contribution in [2.24, 2.45) is 0 Å². The fourth-order valence-corrected chi connectivity index (χ4v) is 2.51. The van der Waals surface area contributed by atoms with Gasteiger partial charge in [-0.1, -0.05) is 18.2 Å². The van der Waals surface area contributed by atoms with Gasteiger partial charge in [-0.25, -0.2) is 4.98 Å². The van der Waals surface area contributed by atoms with Crippen LogP contribution in [0.5, 0.6) is 0 Å². The number of carbonyl (C=O) groups excluding carboxylic acids is 1. The summed E-state index contributed by atoms with van der Waals surface area (Å²) in [6, 6.07) is 15.0. The minimum absolute atomic E-state index is 0.207. The second kappa shape index (κ2) is 5.66. The lowest BCUT2D eigenvalue weighted by atomic mass is 10.2. The molecule has 2 heterocycles. The average Bonchev–Trinajstić information content (AvgIpc) is 3.21. The van der Waals surface area contributed by atoms with Gasteiger partial charge in [0.15, 0.2) is 0 Å². The van der Waals surface area contributed by atoms with Crippen LogP contribution in [0, 0.1) is 6.92 Å². The lowest BCUT2D eigenvalue weighted by Crippen LogP contribution is -2.12. The maximum Gasteiger partial charge on any atom is 0.293 e. The minimum Gasteiger partial charge on any atom is -0.431 e. The molecule has 0 radical (unpaired) electrons. The molecule has 118 valence electrons. The van der Waals surface area contributed by atoms with Gasteiger partial charge < -0.3 is 9.73 Å². The predicted octanol–water partition coefficient (Wildman–Crippen LogP) is 3.78. The third-order valence-electron chi connectivity index (χ3n) is 3.72. The molecule has 0 spiro atoms. The highest BCUT2D eigenvalue weighted by molar-refractivity contribution is 6.04. The van der Waals surface area contributed by atoms with E-state index in [4.69, 9.17) is 4.42 Å². The van der Waals surface area contributed by atoms with Crippen LogP contribution in [-0.2, 0) is 0 Å².